The Labute approximate surface area is 106 Å². The van der Waals surface area contributed by atoms with Gasteiger partial charge in [-0.05, 0) is 18.9 Å². The number of carbonyl (C=O) groups excluding carboxylic acids is 1. The van der Waals surface area contributed by atoms with Crippen LogP contribution in [0.5, 0.6) is 5.75 Å². The maximum absolute atomic E-state index is 12.1. The van der Waals surface area contributed by atoms with Crippen LogP contribution in [0.15, 0.2) is 18.5 Å². The average molecular weight is 250 g/mol. The molecule has 0 saturated heterocycles. The number of rotatable bonds is 3. The fourth-order valence-corrected chi connectivity index (χ4v) is 2.44. The Morgan fingerprint density at radius 1 is 1.39 bits per heavy atom. The summed E-state index contributed by atoms with van der Waals surface area (Å²) in [5.41, 5.74) is -0.339. The van der Waals surface area contributed by atoms with Gasteiger partial charge in [-0.25, -0.2) is 0 Å². The van der Waals surface area contributed by atoms with E-state index < -0.39 is 5.54 Å². The van der Waals surface area contributed by atoms with Gasteiger partial charge in [0.1, 0.15) is 5.75 Å². The van der Waals surface area contributed by atoms with Crippen LogP contribution in [-0.4, -0.2) is 33.3 Å². The largest absolute Gasteiger partial charge is 0.505 e. The predicted molar refractivity (Wildman–Crippen MR) is 66.3 cm³/mol. The molecule has 0 unspecified atom stereocenters. The maximum Gasteiger partial charge on any atom is 0.255 e. The number of hydrogen-bond acceptors (Lipinski definition) is 4. The molecule has 0 spiro atoms. The van der Waals surface area contributed by atoms with Crippen LogP contribution >= 0.6 is 0 Å². The third-order valence-electron chi connectivity index (χ3n) is 3.54. The molecular weight excluding hydrogens is 232 g/mol. The number of amides is 1. The van der Waals surface area contributed by atoms with E-state index in [1.807, 2.05) is 0 Å². The SMILES string of the molecule is O=C(NC1(CO)CCCCC1)c1ccncc1O. The average Bonchev–Trinajstić information content (AvgIpc) is 2.40. The van der Waals surface area contributed by atoms with Crippen LogP contribution in [0.1, 0.15) is 42.5 Å². The van der Waals surface area contributed by atoms with Crippen LogP contribution in [0, 0.1) is 0 Å². The highest BCUT2D eigenvalue weighted by Gasteiger charge is 2.33. The fraction of sp³-hybridized carbons (Fsp3) is 0.538. The lowest BCUT2D eigenvalue weighted by atomic mass is 9.82. The lowest BCUT2D eigenvalue weighted by molar-refractivity contribution is 0.0756. The summed E-state index contributed by atoms with van der Waals surface area (Å²) < 4.78 is 0. The van der Waals surface area contributed by atoms with E-state index in [1.165, 1.54) is 18.5 Å². The summed E-state index contributed by atoms with van der Waals surface area (Å²) >= 11 is 0. The van der Waals surface area contributed by atoms with E-state index in [4.69, 9.17) is 0 Å². The number of aromatic hydroxyl groups is 1. The minimum absolute atomic E-state index is 0.0649. The number of nitrogens with zero attached hydrogens (tertiary/aromatic N) is 1. The molecule has 1 fully saturated rings. The molecule has 5 nitrogen and oxygen atoms in total. The normalized spacial score (nSPS) is 18.3. The van der Waals surface area contributed by atoms with Crippen LogP contribution in [0.4, 0.5) is 0 Å². The predicted octanol–water partition coefficient (Wildman–Crippen LogP) is 1.21. The molecule has 0 bridgehead atoms. The second kappa shape index (κ2) is 5.35. The summed E-state index contributed by atoms with van der Waals surface area (Å²) in [4.78, 5) is 15.8. The Morgan fingerprint density at radius 2 is 2.11 bits per heavy atom. The van der Waals surface area contributed by atoms with Gasteiger partial charge in [0.2, 0.25) is 0 Å². The van der Waals surface area contributed by atoms with Crippen molar-refractivity contribution in [1.29, 1.82) is 0 Å². The van der Waals surface area contributed by atoms with Crippen molar-refractivity contribution in [3.63, 3.8) is 0 Å². The molecule has 2 rings (SSSR count). The van der Waals surface area contributed by atoms with Gasteiger partial charge < -0.3 is 15.5 Å². The van der Waals surface area contributed by atoms with Gasteiger partial charge in [0, 0.05) is 6.20 Å². The molecule has 1 amide bonds. The van der Waals surface area contributed by atoms with Gasteiger partial charge in [0.25, 0.3) is 5.91 Å². The standard InChI is InChI=1S/C13H18N2O3/c16-9-13(5-2-1-3-6-13)15-12(18)10-4-7-14-8-11(10)17/h4,7-8,16-17H,1-3,5-6,9H2,(H,15,18). The second-order valence-corrected chi connectivity index (χ2v) is 4.85. The van der Waals surface area contributed by atoms with Crippen LogP contribution in [0.3, 0.4) is 0 Å². The van der Waals surface area contributed by atoms with E-state index >= 15 is 0 Å². The molecule has 0 aliphatic heterocycles. The monoisotopic (exact) mass is 250 g/mol. The van der Waals surface area contributed by atoms with Crippen LogP contribution in [0.2, 0.25) is 0 Å². The van der Waals surface area contributed by atoms with Crippen molar-refractivity contribution in [2.24, 2.45) is 0 Å². The highest BCUT2D eigenvalue weighted by molar-refractivity contribution is 5.97. The molecule has 1 saturated carbocycles. The lowest BCUT2D eigenvalue weighted by Crippen LogP contribution is -2.52. The first-order chi connectivity index (χ1) is 8.67. The number of aromatic nitrogens is 1. The van der Waals surface area contributed by atoms with Gasteiger partial charge in [-0.3, -0.25) is 9.78 Å². The molecule has 1 aliphatic carbocycles. The number of hydrogen-bond donors (Lipinski definition) is 3. The molecule has 0 aromatic carbocycles. The Hall–Kier alpha value is -1.62. The van der Waals surface area contributed by atoms with Crippen LogP contribution < -0.4 is 5.32 Å². The number of aliphatic hydroxyl groups excluding tert-OH is 1. The Kier molecular flexibility index (Phi) is 3.81. The zero-order valence-electron chi connectivity index (χ0n) is 10.2. The minimum Gasteiger partial charge on any atom is -0.505 e. The first kappa shape index (κ1) is 12.8. The summed E-state index contributed by atoms with van der Waals surface area (Å²) in [6, 6.07) is 1.47. The topological polar surface area (TPSA) is 82.5 Å². The zero-order valence-corrected chi connectivity index (χ0v) is 10.2. The zero-order chi connectivity index (χ0) is 13.0. The van der Waals surface area contributed by atoms with E-state index in [0.29, 0.717) is 0 Å². The molecule has 18 heavy (non-hydrogen) atoms. The molecule has 3 N–H and O–H groups in total. The van der Waals surface area contributed by atoms with Gasteiger partial charge in [0.15, 0.2) is 0 Å². The van der Waals surface area contributed by atoms with E-state index in [0.717, 1.165) is 32.1 Å². The molecular formula is C13H18N2O3. The second-order valence-electron chi connectivity index (χ2n) is 4.85. The molecule has 98 valence electrons. The molecule has 1 aliphatic rings. The Morgan fingerprint density at radius 3 is 2.72 bits per heavy atom. The highest BCUT2D eigenvalue weighted by atomic mass is 16.3. The van der Waals surface area contributed by atoms with Gasteiger partial charge in [-0.15, -0.1) is 0 Å². The number of nitrogens with one attached hydrogen (secondary N) is 1. The maximum atomic E-state index is 12.1. The van der Waals surface area contributed by atoms with E-state index in [1.54, 1.807) is 0 Å². The first-order valence-corrected chi connectivity index (χ1v) is 6.23. The minimum atomic E-state index is -0.537. The van der Waals surface area contributed by atoms with E-state index in [2.05, 4.69) is 10.3 Å². The van der Waals surface area contributed by atoms with Gasteiger partial charge in [-0.1, -0.05) is 19.3 Å². The lowest BCUT2D eigenvalue weighted by Gasteiger charge is -2.36. The molecule has 1 aromatic heterocycles. The van der Waals surface area contributed by atoms with Crippen LogP contribution in [-0.2, 0) is 0 Å². The van der Waals surface area contributed by atoms with Crippen molar-refractivity contribution in [2.45, 2.75) is 37.6 Å². The number of pyridine rings is 1. The molecule has 5 heteroatoms. The number of aliphatic hydroxyl groups is 1. The van der Waals surface area contributed by atoms with Crippen molar-refractivity contribution in [2.75, 3.05) is 6.61 Å². The molecule has 1 aromatic rings. The van der Waals surface area contributed by atoms with Crippen molar-refractivity contribution in [3.05, 3.63) is 24.0 Å². The van der Waals surface area contributed by atoms with Crippen LogP contribution in [0.25, 0.3) is 0 Å². The molecule has 1 heterocycles. The third kappa shape index (κ3) is 2.61. The molecule has 0 radical (unpaired) electrons. The Balaban J connectivity index is 2.13. The fourth-order valence-electron chi connectivity index (χ4n) is 2.44. The van der Waals surface area contributed by atoms with Gasteiger partial charge >= 0.3 is 0 Å². The van der Waals surface area contributed by atoms with E-state index in [9.17, 15) is 15.0 Å². The summed E-state index contributed by atoms with van der Waals surface area (Å²) in [7, 11) is 0. The number of carbonyl (C=O) groups is 1. The highest BCUT2D eigenvalue weighted by Crippen LogP contribution is 2.28. The quantitative estimate of drug-likeness (QED) is 0.753. The smallest absolute Gasteiger partial charge is 0.255 e. The Bertz CT molecular complexity index is 428. The first-order valence-electron chi connectivity index (χ1n) is 6.23. The van der Waals surface area contributed by atoms with Crippen molar-refractivity contribution in [1.82, 2.24) is 10.3 Å². The van der Waals surface area contributed by atoms with Gasteiger partial charge in [0.05, 0.1) is 23.9 Å². The summed E-state index contributed by atoms with van der Waals surface area (Å²) in [6.45, 7) is -0.0649. The van der Waals surface area contributed by atoms with Crippen molar-refractivity contribution < 1.29 is 15.0 Å². The van der Waals surface area contributed by atoms with Crippen molar-refractivity contribution in [3.8, 4) is 5.75 Å². The van der Waals surface area contributed by atoms with Gasteiger partial charge in [-0.2, -0.15) is 0 Å². The third-order valence-corrected chi connectivity index (χ3v) is 3.54. The van der Waals surface area contributed by atoms with E-state index in [-0.39, 0.29) is 23.8 Å². The summed E-state index contributed by atoms with van der Waals surface area (Å²) in [6.07, 6.45) is 7.40. The summed E-state index contributed by atoms with van der Waals surface area (Å²) in [5, 5.41) is 22.0. The summed E-state index contributed by atoms with van der Waals surface area (Å²) in [5.74, 6) is -0.496. The van der Waals surface area contributed by atoms with Crippen molar-refractivity contribution >= 4 is 5.91 Å². The molecule has 0 atom stereocenters.